The molecule has 0 spiro atoms. The van der Waals surface area contributed by atoms with E-state index in [-0.39, 0.29) is 0 Å². The fraction of sp³-hybridized carbons (Fsp3) is 0.286. The second-order valence-electron chi connectivity index (χ2n) is 5.29. The van der Waals surface area contributed by atoms with E-state index in [0.29, 0.717) is 0 Å². The number of rotatable bonds is 2. The van der Waals surface area contributed by atoms with Crippen molar-refractivity contribution in [3.63, 3.8) is 0 Å². The lowest BCUT2D eigenvalue weighted by molar-refractivity contribution is 0.649. The van der Waals surface area contributed by atoms with Gasteiger partial charge in [-0.15, -0.1) is 10.6 Å². The number of hydrogen-bond donors (Lipinski definition) is 0. The quantitative estimate of drug-likeness (QED) is 0.610. The van der Waals surface area contributed by atoms with Gasteiger partial charge in [-0.05, 0) is 5.56 Å². The SMILES string of the molecule is C[Si](C)(C)C#Cc1cn(Cc2ccccc2)nn1. The van der Waals surface area contributed by atoms with E-state index in [1.165, 1.54) is 5.56 Å². The van der Waals surface area contributed by atoms with Crippen LogP contribution in [-0.2, 0) is 6.54 Å². The zero-order valence-electron chi connectivity index (χ0n) is 11.0. The van der Waals surface area contributed by atoms with Crippen molar-refractivity contribution in [2.45, 2.75) is 26.2 Å². The van der Waals surface area contributed by atoms with Crippen molar-refractivity contribution in [1.82, 2.24) is 15.0 Å². The number of nitrogens with zero attached hydrogens (tertiary/aromatic N) is 3. The molecule has 0 bridgehead atoms. The summed E-state index contributed by atoms with van der Waals surface area (Å²) in [5.74, 6) is 3.11. The third-order valence-corrected chi connectivity index (χ3v) is 3.17. The molecule has 2 aromatic rings. The first-order chi connectivity index (χ1) is 8.53. The maximum absolute atomic E-state index is 4.09. The molecule has 0 amide bonds. The molecule has 0 aliphatic heterocycles. The van der Waals surface area contributed by atoms with Gasteiger partial charge < -0.3 is 0 Å². The standard InChI is InChI=1S/C14H17N3Si/c1-18(2,3)10-9-14-12-17(16-15-14)11-13-7-5-4-6-8-13/h4-8,12H,11H2,1-3H3. The van der Waals surface area contributed by atoms with E-state index in [1.54, 1.807) is 0 Å². The summed E-state index contributed by atoms with van der Waals surface area (Å²) in [7, 11) is -1.34. The molecule has 0 saturated carbocycles. The van der Waals surface area contributed by atoms with Gasteiger partial charge in [0.25, 0.3) is 0 Å². The molecule has 0 radical (unpaired) electrons. The molecule has 0 aliphatic rings. The van der Waals surface area contributed by atoms with E-state index < -0.39 is 8.07 Å². The predicted molar refractivity (Wildman–Crippen MR) is 75.8 cm³/mol. The molecule has 1 heterocycles. The summed E-state index contributed by atoms with van der Waals surface area (Å²) in [6.45, 7) is 7.39. The van der Waals surface area contributed by atoms with Gasteiger partial charge in [0.05, 0.1) is 12.7 Å². The molecular formula is C14H17N3Si. The Morgan fingerprint density at radius 1 is 1.17 bits per heavy atom. The summed E-state index contributed by atoms with van der Waals surface area (Å²) in [4.78, 5) is 0. The van der Waals surface area contributed by atoms with Gasteiger partial charge in [0.2, 0.25) is 0 Å². The minimum absolute atomic E-state index is 0.739. The van der Waals surface area contributed by atoms with Crippen LogP contribution in [0.2, 0.25) is 19.6 Å². The van der Waals surface area contributed by atoms with Crippen LogP contribution in [0.25, 0.3) is 0 Å². The van der Waals surface area contributed by atoms with Gasteiger partial charge in [0, 0.05) is 0 Å². The zero-order valence-corrected chi connectivity index (χ0v) is 12.0. The molecule has 3 nitrogen and oxygen atoms in total. The van der Waals surface area contributed by atoms with Crippen LogP contribution in [0.15, 0.2) is 36.5 Å². The Morgan fingerprint density at radius 3 is 2.56 bits per heavy atom. The van der Waals surface area contributed by atoms with E-state index >= 15 is 0 Å². The maximum atomic E-state index is 4.09. The Labute approximate surface area is 109 Å². The van der Waals surface area contributed by atoms with Crippen LogP contribution in [0.4, 0.5) is 0 Å². The first-order valence-corrected chi connectivity index (χ1v) is 9.50. The molecule has 0 atom stereocenters. The largest absolute Gasteiger partial charge is 0.247 e. The molecule has 0 unspecified atom stereocenters. The van der Waals surface area contributed by atoms with E-state index in [9.17, 15) is 0 Å². The average molecular weight is 255 g/mol. The fourth-order valence-electron chi connectivity index (χ4n) is 1.45. The molecule has 1 aromatic heterocycles. The highest BCUT2D eigenvalue weighted by molar-refractivity contribution is 6.83. The van der Waals surface area contributed by atoms with E-state index in [0.717, 1.165) is 12.2 Å². The smallest absolute Gasteiger partial charge is 0.154 e. The summed E-state index contributed by atoms with van der Waals surface area (Å²) in [5, 5.41) is 8.17. The Morgan fingerprint density at radius 2 is 1.89 bits per heavy atom. The number of hydrogen-bond acceptors (Lipinski definition) is 2. The van der Waals surface area contributed by atoms with Crippen molar-refractivity contribution < 1.29 is 0 Å². The van der Waals surface area contributed by atoms with Crippen LogP contribution in [0.1, 0.15) is 11.3 Å². The molecule has 0 fully saturated rings. The highest BCUT2D eigenvalue weighted by Gasteiger charge is 2.08. The van der Waals surface area contributed by atoms with Crippen LogP contribution >= 0.6 is 0 Å². The summed E-state index contributed by atoms with van der Waals surface area (Å²) in [5.41, 5.74) is 5.26. The van der Waals surface area contributed by atoms with Gasteiger partial charge in [0.1, 0.15) is 8.07 Å². The molecule has 0 aliphatic carbocycles. The summed E-state index contributed by atoms with van der Waals surface area (Å²) in [6.07, 6.45) is 1.90. The Hall–Kier alpha value is -1.86. The van der Waals surface area contributed by atoms with Crippen molar-refractivity contribution in [3.05, 3.63) is 47.8 Å². The normalized spacial score (nSPS) is 10.8. The molecule has 18 heavy (non-hydrogen) atoms. The van der Waals surface area contributed by atoms with Crippen LogP contribution in [0.3, 0.4) is 0 Å². The summed E-state index contributed by atoms with van der Waals surface area (Å²) < 4.78 is 1.82. The number of aromatic nitrogens is 3. The second kappa shape index (κ2) is 5.19. The van der Waals surface area contributed by atoms with E-state index in [2.05, 4.69) is 53.5 Å². The van der Waals surface area contributed by atoms with Crippen molar-refractivity contribution >= 4 is 8.07 Å². The van der Waals surface area contributed by atoms with Crippen molar-refractivity contribution in [2.24, 2.45) is 0 Å². The molecule has 1 aromatic carbocycles. The van der Waals surface area contributed by atoms with Crippen molar-refractivity contribution in [2.75, 3.05) is 0 Å². The van der Waals surface area contributed by atoms with Gasteiger partial charge in [-0.2, -0.15) is 0 Å². The van der Waals surface area contributed by atoms with Crippen LogP contribution in [0, 0.1) is 11.5 Å². The molecule has 4 heteroatoms. The molecule has 2 rings (SSSR count). The number of benzene rings is 1. The predicted octanol–water partition coefficient (Wildman–Crippen LogP) is 2.56. The van der Waals surface area contributed by atoms with Gasteiger partial charge in [0.15, 0.2) is 5.69 Å². The maximum Gasteiger partial charge on any atom is 0.154 e. The lowest BCUT2D eigenvalue weighted by Gasteiger charge is -2.02. The summed E-state index contributed by atoms with van der Waals surface area (Å²) >= 11 is 0. The van der Waals surface area contributed by atoms with Crippen molar-refractivity contribution in [3.8, 4) is 11.5 Å². The van der Waals surface area contributed by atoms with Crippen molar-refractivity contribution in [1.29, 1.82) is 0 Å². The monoisotopic (exact) mass is 255 g/mol. The third kappa shape index (κ3) is 3.86. The zero-order chi connectivity index (χ0) is 13.0. The van der Waals surface area contributed by atoms with Gasteiger partial charge >= 0.3 is 0 Å². The van der Waals surface area contributed by atoms with Gasteiger partial charge in [-0.1, -0.05) is 61.1 Å². The van der Waals surface area contributed by atoms with Gasteiger partial charge in [-0.25, -0.2) is 4.68 Å². The summed E-state index contributed by atoms with van der Waals surface area (Å²) in [6, 6.07) is 10.2. The van der Waals surface area contributed by atoms with E-state index in [4.69, 9.17) is 0 Å². The second-order valence-corrected chi connectivity index (χ2v) is 10.0. The Bertz CT molecular complexity index is 570. The third-order valence-electron chi connectivity index (χ3n) is 2.29. The highest BCUT2D eigenvalue weighted by Crippen LogP contribution is 2.02. The first kappa shape index (κ1) is 12.6. The molecule has 0 saturated heterocycles. The van der Waals surface area contributed by atoms with Crippen LogP contribution in [-0.4, -0.2) is 23.1 Å². The Kier molecular flexibility index (Phi) is 3.63. The minimum Gasteiger partial charge on any atom is -0.247 e. The van der Waals surface area contributed by atoms with Crippen LogP contribution < -0.4 is 0 Å². The molecule has 92 valence electrons. The van der Waals surface area contributed by atoms with Gasteiger partial charge in [-0.3, -0.25) is 0 Å². The average Bonchev–Trinajstić information content (AvgIpc) is 2.75. The molecule has 0 N–H and O–H groups in total. The lowest BCUT2D eigenvalue weighted by Crippen LogP contribution is -2.16. The lowest BCUT2D eigenvalue weighted by atomic mass is 10.2. The fourth-order valence-corrected chi connectivity index (χ4v) is 1.96. The highest BCUT2D eigenvalue weighted by atomic mass is 28.3. The topological polar surface area (TPSA) is 30.7 Å². The molecular weight excluding hydrogens is 238 g/mol. The first-order valence-electron chi connectivity index (χ1n) is 6.00. The minimum atomic E-state index is -1.34. The van der Waals surface area contributed by atoms with E-state index in [1.807, 2.05) is 29.1 Å². The Balaban J connectivity index is 2.09. The van der Waals surface area contributed by atoms with Crippen LogP contribution in [0.5, 0.6) is 0 Å².